The zero-order valence-electron chi connectivity index (χ0n) is 9.38. The summed E-state index contributed by atoms with van der Waals surface area (Å²) in [4.78, 5) is 11.4. The number of halogens is 2. The van der Waals surface area contributed by atoms with Gasteiger partial charge in [0.05, 0.1) is 10.7 Å². The number of carbonyl (C=O) groups excluding carboxylic acids is 1. The molecule has 0 radical (unpaired) electrons. The Labute approximate surface area is 119 Å². The van der Waals surface area contributed by atoms with Crippen molar-refractivity contribution >= 4 is 56.5 Å². The Morgan fingerprint density at radius 3 is 2.65 bits per heavy atom. The second kappa shape index (κ2) is 6.33. The van der Waals surface area contributed by atoms with Gasteiger partial charge in [0, 0.05) is 10.4 Å². The predicted octanol–water partition coefficient (Wildman–Crippen LogP) is 3.57. The lowest BCUT2D eigenvalue weighted by atomic mass is 10.2. The Bertz CT molecular complexity index is 451. The number of hydrogen-bond donors (Lipinski definition) is 2. The van der Waals surface area contributed by atoms with Gasteiger partial charge in [0.1, 0.15) is 0 Å². The molecule has 0 atom stereocenters. The molecule has 0 aromatic heterocycles. The number of hydrogen-bond acceptors (Lipinski definition) is 2. The van der Waals surface area contributed by atoms with E-state index in [-0.39, 0.29) is 16.9 Å². The minimum Gasteiger partial charge on any atom is -0.331 e. The van der Waals surface area contributed by atoms with Crippen LogP contribution in [0.2, 0.25) is 5.02 Å². The highest BCUT2D eigenvalue weighted by molar-refractivity contribution is 9.10. The van der Waals surface area contributed by atoms with E-state index in [0.717, 1.165) is 4.47 Å². The molecule has 1 rings (SSSR count). The van der Waals surface area contributed by atoms with Gasteiger partial charge >= 0.3 is 0 Å². The van der Waals surface area contributed by atoms with Crippen molar-refractivity contribution < 1.29 is 4.79 Å². The van der Waals surface area contributed by atoms with Gasteiger partial charge in [-0.25, -0.2) is 0 Å². The first-order valence-corrected chi connectivity index (χ1v) is 6.55. The lowest BCUT2D eigenvalue weighted by Gasteiger charge is -2.12. The molecule has 0 aliphatic heterocycles. The van der Waals surface area contributed by atoms with E-state index in [4.69, 9.17) is 23.8 Å². The van der Waals surface area contributed by atoms with Crippen molar-refractivity contribution in [2.45, 2.75) is 13.8 Å². The maximum atomic E-state index is 11.4. The molecule has 0 fully saturated rings. The third kappa shape index (κ3) is 4.61. The third-order valence-corrected chi connectivity index (χ3v) is 2.95. The zero-order chi connectivity index (χ0) is 13.0. The van der Waals surface area contributed by atoms with Crippen molar-refractivity contribution in [2.24, 2.45) is 5.92 Å². The van der Waals surface area contributed by atoms with E-state index in [1.807, 2.05) is 6.07 Å². The maximum Gasteiger partial charge on any atom is 0.228 e. The normalized spacial score (nSPS) is 10.2. The van der Waals surface area contributed by atoms with Gasteiger partial charge in [-0.1, -0.05) is 41.4 Å². The van der Waals surface area contributed by atoms with Crippen LogP contribution in [0.1, 0.15) is 13.8 Å². The number of anilines is 1. The van der Waals surface area contributed by atoms with Gasteiger partial charge in [0.15, 0.2) is 5.11 Å². The zero-order valence-corrected chi connectivity index (χ0v) is 12.5. The van der Waals surface area contributed by atoms with E-state index >= 15 is 0 Å². The summed E-state index contributed by atoms with van der Waals surface area (Å²) in [6.45, 7) is 3.59. The van der Waals surface area contributed by atoms with Crippen LogP contribution in [0, 0.1) is 5.92 Å². The Kier molecular flexibility index (Phi) is 5.36. The highest BCUT2D eigenvalue weighted by Crippen LogP contribution is 2.25. The minimum atomic E-state index is -0.129. The molecule has 0 heterocycles. The van der Waals surface area contributed by atoms with Crippen LogP contribution in [0.15, 0.2) is 22.7 Å². The molecular weight excluding hydrogens is 324 g/mol. The number of thiocarbonyl (C=S) groups is 1. The molecule has 0 saturated heterocycles. The molecule has 92 valence electrons. The number of benzene rings is 1. The number of nitrogens with one attached hydrogen (secondary N) is 2. The van der Waals surface area contributed by atoms with Crippen LogP contribution in [0.4, 0.5) is 5.69 Å². The molecule has 0 aliphatic rings. The van der Waals surface area contributed by atoms with E-state index < -0.39 is 0 Å². The first-order chi connectivity index (χ1) is 7.90. The van der Waals surface area contributed by atoms with Crippen LogP contribution < -0.4 is 10.6 Å². The smallest absolute Gasteiger partial charge is 0.228 e. The summed E-state index contributed by atoms with van der Waals surface area (Å²) in [5, 5.41) is 6.22. The molecule has 0 unspecified atom stereocenters. The fraction of sp³-hybridized carbons (Fsp3) is 0.273. The van der Waals surface area contributed by atoms with Crippen LogP contribution in [0.25, 0.3) is 0 Å². The Hall–Kier alpha value is -0.650. The second-order valence-corrected chi connectivity index (χ2v) is 5.45. The largest absolute Gasteiger partial charge is 0.331 e. The Morgan fingerprint density at radius 1 is 1.47 bits per heavy atom. The highest BCUT2D eigenvalue weighted by atomic mass is 79.9. The molecule has 0 spiro atoms. The average Bonchev–Trinajstić information content (AvgIpc) is 2.22. The Morgan fingerprint density at radius 2 is 2.12 bits per heavy atom. The summed E-state index contributed by atoms with van der Waals surface area (Å²) >= 11 is 14.3. The summed E-state index contributed by atoms with van der Waals surface area (Å²) in [6.07, 6.45) is 0. The van der Waals surface area contributed by atoms with E-state index in [1.165, 1.54) is 0 Å². The van der Waals surface area contributed by atoms with Crippen LogP contribution in [0.3, 0.4) is 0 Å². The maximum absolute atomic E-state index is 11.4. The van der Waals surface area contributed by atoms with Gasteiger partial charge in [-0.2, -0.15) is 0 Å². The average molecular weight is 336 g/mol. The molecule has 6 heteroatoms. The molecule has 0 aliphatic carbocycles. The van der Waals surface area contributed by atoms with E-state index in [9.17, 15) is 4.79 Å². The molecule has 1 aromatic carbocycles. The van der Waals surface area contributed by atoms with Crippen molar-refractivity contribution in [1.29, 1.82) is 0 Å². The number of amides is 1. The van der Waals surface area contributed by atoms with E-state index in [1.54, 1.807) is 26.0 Å². The van der Waals surface area contributed by atoms with Gasteiger partial charge in [-0.15, -0.1) is 0 Å². The van der Waals surface area contributed by atoms with Crippen molar-refractivity contribution in [3.63, 3.8) is 0 Å². The fourth-order valence-corrected chi connectivity index (χ4v) is 1.93. The molecule has 1 aromatic rings. The third-order valence-electron chi connectivity index (χ3n) is 1.94. The first kappa shape index (κ1) is 14.4. The van der Waals surface area contributed by atoms with Crippen LogP contribution in [-0.2, 0) is 4.79 Å². The molecule has 1 amide bonds. The quantitative estimate of drug-likeness (QED) is 0.812. The SMILES string of the molecule is CC(C)C(=O)NC(=S)Nc1ccc(Br)cc1Cl. The van der Waals surface area contributed by atoms with Gasteiger partial charge in [0.2, 0.25) is 5.91 Å². The molecule has 2 N–H and O–H groups in total. The van der Waals surface area contributed by atoms with Crippen LogP contribution >= 0.6 is 39.7 Å². The summed E-state index contributed by atoms with van der Waals surface area (Å²) in [5.41, 5.74) is 0.656. The van der Waals surface area contributed by atoms with Crippen LogP contribution in [-0.4, -0.2) is 11.0 Å². The molecular formula is C11H12BrClN2OS. The van der Waals surface area contributed by atoms with Gasteiger partial charge < -0.3 is 10.6 Å². The van der Waals surface area contributed by atoms with Crippen molar-refractivity contribution in [2.75, 3.05) is 5.32 Å². The molecule has 0 bridgehead atoms. The van der Waals surface area contributed by atoms with E-state index in [2.05, 4.69) is 26.6 Å². The van der Waals surface area contributed by atoms with Crippen molar-refractivity contribution in [1.82, 2.24) is 5.32 Å². The summed E-state index contributed by atoms with van der Waals surface area (Å²) in [7, 11) is 0. The summed E-state index contributed by atoms with van der Waals surface area (Å²) in [5.74, 6) is -0.245. The summed E-state index contributed by atoms with van der Waals surface area (Å²) in [6, 6.07) is 5.36. The van der Waals surface area contributed by atoms with Gasteiger partial charge in [-0.3, -0.25) is 4.79 Å². The second-order valence-electron chi connectivity index (χ2n) is 3.72. The topological polar surface area (TPSA) is 41.1 Å². The van der Waals surface area contributed by atoms with Gasteiger partial charge in [0.25, 0.3) is 0 Å². The molecule has 3 nitrogen and oxygen atoms in total. The van der Waals surface area contributed by atoms with Crippen molar-refractivity contribution in [3.05, 3.63) is 27.7 Å². The number of rotatable bonds is 2. The van der Waals surface area contributed by atoms with E-state index in [0.29, 0.717) is 10.7 Å². The standard InChI is InChI=1S/C11H12BrClN2OS/c1-6(2)10(16)15-11(17)14-9-4-3-7(12)5-8(9)13/h3-6H,1-2H3,(H2,14,15,16,17). The minimum absolute atomic E-state index is 0.116. The Balaban J connectivity index is 2.65. The van der Waals surface area contributed by atoms with Gasteiger partial charge in [-0.05, 0) is 30.4 Å². The number of carbonyl (C=O) groups is 1. The van der Waals surface area contributed by atoms with Crippen LogP contribution in [0.5, 0.6) is 0 Å². The molecule has 17 heavy (non-hydrogen) atoms. The lowest BCUT2D eigenvalue weighted by molar-refractivity contribution is -0.122. The van der Waals surface area contributed by atoms with Crippen molar-refractivity contribution in [3.8, 4) is 0 Å². The summed E-state index contributed by atoms with van der Waals surface area (Å²) < 4.78 is 0.880. The first-order valence-electron chi connectivity index (χ1n) is 4.97. The lowest BCUT2D eigenvalue weighted by Crippen LogP contribution is -2.36. The molecule has 0 saturated carbocycles. The predicted molar refractivity (Wildman–Crippen MR) is 78.4 cm³/mol. The fourth-order valence-electron chi connectivity index (χ4n) is 1.00. The monoisotopic (exact) mass is 334 g/mol. The highest BCUT2D eigenvalue weighted by Gasteiger charge is 2.09.